The molecular weight excluding hydrogens is 462 g/mol. The number of anilines is 2. The first-order valence-corrected chi connectivity index (χ1v) is 13.1. The normalized spacial score (nSPS) is 14.0. The highest BCUT2D eigenvalue weighted by Gasteiger charge is 2.24. The van der Waals surface area contributed by atoms with E-state index in [1.807, 2.05) is 73.7 Å². The number of nitrogens with zero attached hydrogens (tertiary/aromatic N) is 2. The lowest BCUT2D eigenvalue weighted by atomic mass is 9.93. The van der Waals surface area contributed by atoms with Crippen molar-refractivity contribution in [2.75, 3.05) is 16.8 Å². The van der Waals surface area contributed by atoms with E-state index in [9.17, 15) is 14.7 Å². The minimum absolute atomic E-state index is 0.185. The summed E-state index contributed by atoms with van der Waals surface area (Å²) in [6.07, 6.45) is 5.95. The molecule has 0 bridgehead atoms. The highest BCUT2D eigenvalue weighted by molar-refractivity contribution is 6.06. The number of nitrogens with one attached hydrogen (secondary N) is 1. The van der Waals surface area contributed by atoms with E-state index >= 15 is 0 Å². The Balaban J connectivity index is 1.62. The number of fused-ring (bicyclic) bond motifs is 1. The Morgan fingerprint density at radius 3 is 2.41 bits per heavy atom. The molecule has 0 radical (unpaired) electrons. The Hall–Kier alpha value is -4.06. The molecule has 0 spiro atoms. The fraction of sp³-hybridized carbons (Fsp3) is 0.290. The van der Waals surface area contributed by atoms with Crippen LogP contribution in [0.4, 0.5) is 11.4 Å². The van der Waals surface area contributed by atoms with Crippen LogP contribution < -0.4 is 10.2 Å². The quantitative estimate of drug-likeness (QED) is 0.288. The van der Waals surface area contributed by atoms with Crippen LogP contribution in [0.3, 0.4) is 0 Å². The zero-order valence-electron chi connectivity index (χ0n) is 21.4. The molecule has 0 unspecified atom stereocenters. The lowest BCUT2D eigenvalue weighted by molar-refractivity contribution is 0.0688. The Morgan fingerprint density at radius 2 is 1.70 bits per heavy atom. The molecule has 1 amide bonds. The molecule has 2 N–H and O–H groups in total. The predicted octanol–water partition coefficient (Wildman–Crippen LogP) is 7.05. The van der Waals surface area contributed by atoms with Crippen molar-refractivity contribution < 1.29 is 14.7 Å². The third-order valence-corrected chi connectivity index (χ3v) is 7.40. The van der Waals surface area contributed by atoms with Gasteiger partial charge >= 0.3 is 5.97 Å². The molecule has 190 valence electrons. The summed E-state index contributed by atoms with van der Waals surface area (Å²) in [5, 5.41) is 14.0. The number of rotatable bonds is 7. The van der Waals surface area contributed by atoms with E-state index in [1.54, 1.807) is 10.6 Å². The summed E-state index contributed by atoms with van der Waals surface area (Å²) >= 11 is 0. The maximum atomic E-state index is 13.3. The monoisotopic (exact) mass is 495 g/mol. The van der Waals surface area contributed by atoms with Crippen LogP contribution in [0.25, 0.3) is 16.6 Å². The number of carboxylic acids is 1. The van der Waals surface area contributed by atoms with Crippen molar-refractivity contribution in [2.45, 2.75) is 52.0 Å². The number of carboxylic acid groups (broad SMARTS) is 1. The second kappa shape index (κ2) is 10.5. The van der Waals surface area contributed by atoms with Gasteiger partial charge in [0.25, 0.3) is 5.91 Å². The van der Waals surface area contributed by atoms with Crippen molar-refractivity contribution in [1.29, 1.82) is 0 Å². The van der Waals surface area contributed by atoms with Gasteiger partial charge in [-0.3, -0.25) is 4.79 Å². The highest BCUT2D eigenvalue weighted by Crippen LogP contribution is 2.36. The van der Waals surface area contributed by atoms with E-state index in [-0.39, 0.29) is 11.6 Å². The first-order chi connectivity index (χ1) is 18.0. The Labute approximate surface area is 217 Å². The number of para-hydroxylation sites is 1. The van der Waals surface area contributed by atoms with Gasteiger partial charge in [0.15, 0.2) is 0 Å². The summed E-state index contributed by atoms with van der Waals surface area (Å²) in [7, 11) is 0. The maximum Gasteiger partial charge on any atom is 0.352 e. The van der Waals surface area contributed by atoms with Gasteiger partial charge in [0, 0.05) is 29.2 Å². The molecular formula is C31H33N3O3. The second-order valence-corrected chi connectivity index (χ2v) is 9.83. The smallest absolute Gasteiger partial charge is 0.352 e. The first-order valence-electron chi connectivity index (χ1n) is 13.1. The van der Waals surface area contributed by atoms with Crippen LogP contribution in [0, 0.1) is 6.92 Å². The van der Waals surface area contributed by atoms with Gasteiger partial charge in [-0.25, -0.2) is 4.79 Å². The van der Waals surface area contributed by atoms with Gasteiger partial charge in [0.05, 0.1) is 16.9 Å². The van der Waals surface area contributed by atoms with Crippen molar-refractivity contribution in [3.05, 3.63) is 89.6 Å². The largest absolute Gasteiger partial charge is 0.477 e. The molecule has 6 nitrogen and oxygen atoms in total. The lowest BCUT2D eigenvalue weighted by Crippen LogP contribution is -2.37. The number of aromatic carboxylic acids is 1. The predicted molar refractivity (Wildman–Crippen MR) is 149 cm³/mol. The molecule has 0 aliphatic heterocycles. The Bertz CT molecular complexity index is 1430. The van der Waals surface area contributed by atoms with Gasteiger partial charge in [0.1, 0.15) is 5.69 Å². The van der Waals surface area contributed by atoms with Gasteiger partial charge in [-0.1, -0.05) is 55.2 Å². The van der Waals surface area contributed by atoms with Crippen molar-refractivity contribution in [1.82, 2.24) is 4.57 Å². The Morgan fingerprint density at radius 1 is 0.973 bits per heavy atom. The number of amides is 1. The first kappa shape index (κ1) is 24.6. The van der Waals surface area contributed by atoms with Crippen LogP contribution in [-0.2, 0) is 0 Å². The molecule has 1 aliphatic rings. The minimum Gasteiger partial charge on any atom is -0.477 e. The molecule has 37 heavy (non-hydrogen) atoms. The topological polar surface area (TPSA) is 74.6 Å². The molecule has 3 aromatic carbocycles. The number of benzene rings is 3. The van der Waals surface area contributed by atoms with Gasteiger partial charge in [0.2, 0.25) is 0 Å². The van der Waals surface area contributed by atoms with Crippen LogP contribution in [0.2, 0.25) is 0 Å². The van der Waals surface area contributed by atoms with Gasteiger partial charge in [-0.15, -0.1) is 0 Å². The maximum absolute atomic E-state index is 13.3. The van der Waals surface area contributed by atoms with Crippen molar-refractivity contribution >= 4 is 34.2 Å². The van der Waals surface area contributed by atoms with Crippen molar-refractivity contribution in [2.24, 2.45) is 0 Å². The molecule has 1 heterocycles. The van der Waals surface area contributed by atoms with E-state index in [0.29, 0.717) is 23.0 Å². The molecule has 1 aliphatic carbocycles. The second-order valence-electron chi connectivity index (χ2n) is 9.83. The summed E-state index contributed by atoms with van der Waals surface area (Å²) in [6.45, 7) is 4.97. The molecule has 6 heteroatoms. The molecule has 4 aromatic rings. The third kappa shape index (κ3) is 4.96. The number of aromatic nitrogens is 1. The van der Waals surface area contributed by atoms with Crippen molar-refractivity contribution in [3.8, 4) is 5.69 Å². The highest BCUT2D eigenvalue weighted by atomic mass is 16.4. The summed E-state index contributed by atoms with van der Waals surface area (Å²) in [5.41, 5.74) is 5.01. The standard InChI is InChI=1S/C31H33N3O3/c1-3-33(24-10-5-4-6-11-24)28-18-17-25(20-26(28)32-30(35)22-15-13-21(2)14-16-22)34-27-12-8-7-9-23(27)19-29(34)31(36)37/h7-9,12-20,24H,3-6,10-11H2,1-2H3,(H,32,35)(H,36,37). The SMILES string of the molecule is CCN(c1ccc(-n2c(C(=O)O)cc3ccccc32)cc1NC(=O)c1ccc(C)cc1)C1CCCCC1. The average molecular weight is 496 g/mol. The lowest BCUT2D eigenvalue weighted by Gasteiger charge is -2.36. The fourth-order valence-electron chi connectivity index (χ4n) is 5.52. The summed E-state index contributed by atoms with van der Waals surface area (Å²) in [5.74, 6) is -1.18. The van der Waals surface area contributed by atoms with Crippen LogP contribution in [0.1, 0.15) is 65.4 Å². The number of hydrogen-bond donors (Lipinski definition) is 2. The zero-order chi connectivity index (χ0) is 25.9. The molecule has 1 aromatic heterocycles. The Kier molecular flexibility index (Phi) is 6.99. The number of hydrogen-bond acceptors (Lipinski definition) is 3. The summed E-state index contributed by atoms with van der Waals surface area (Å²) < 4.78 is 1.75. The van der Waals surface area contributed by atoms with E-state index in [0.717, 1.165) is 41.5 Å². The number of carbonyl (C=O) groups excluding carboxylic acids is 1. The van der Waals surface area contributed by atoms with Gasteiger partial charge in [-0.05, 0) is 69.2 Å². The zero-order valence-corrected chi connectivity index (χ0v) is 21.4. The molecule has 0 saturated heterocycles. The number of carbonyl (C=O) groups is 2. The molecule has 1 saturated carbocycles. The summed E-state index contributed by atoms with van der Waals surface area (Å²) in [4.78, 5) is 27.9. The summed E-state index contributed by atoms with van der Waals surface area (Å²) in [6, 6.07) is 23.1. The van der Waals surface area contributed by atoms with Gasteiger partial charge < -0.3 is 19.9 Å². The minimum atomic E-state index is -0.997. The van der Waals surface area contributed by atoms with E-state index in [2.05, 4.69) is 17.1 Å². The number of aryl methyl sites for hydroxylation is 1. The van der Waals surface area contributed by atoms with Crippen LogP contribution in [0.15, 0.2) is 72.8 Å². The van der Waals surface area contributed by atoms with Crippen molar-refractivity contribution in [3.63, 3.8) is 0 Å². The van der Waals surface area contributed by atoms with E-state index in [1.165, 1.54) is 19.3 Å². The van der Waals surface area contributed by atoms with Gasteiger partial charge in [-0.2, -0.15) is 0 Å². The van der Waals surface area contributed by atoms with Crippen LogP contribution in [-0.4, -0.2) is 34.1 Å². The molecule has 0 atom stereocenters. The molecule has 5 rings (SSSR count). The third-order valence-electron chi connectivity index (χ3n) is 7.40. The van der Waals surface area contributed by atoms with E-state index in [4.69, 9.17) is 0 Å². The average Bonchev–Trinajstić information content (AvgIpc) is 3.31. The van der Waals surface area contributed by atoms with E-state index < -0.39 is 5.97 Å². The fourth-order valence-corrected chi connectivity index (χ4v) is 5.52. The van der Waals surface area contributed by atoms with Crippen LogP contribution >= 0.6 is 0 Å². The van der Waals surface area contributed by atoms with Crippen LogP contribution in [0.5, 0.6) is 0 Å². The molecule has 1 fully saturated rings.